The second kappa shape index (κ2) is 9.20. The number of aryl methyl sites for hydroxylation is 1. The number of nitrogens with zero attached hydrogens (tertiary/aromatic N) is 1. The number of amides is 2. The molecule has 0 bridgehead atoms. The van der Waals surface area contributed by atoms with E-state index >= 15 is 0 Å². The number of nitrogens with two attached hydrogens (primary N) is 1. The minimum absolute atomic E-state index is 0. The monoisotopic (exact) mass is 367 g/mol. The highest BCUT2D eigenvalue weighted by Gasteiger charge is 2.34. The molecule has 5 nitrogen and oxygen atoms in total. The van der Waals surface area contributed by atoms with Crippen molar-refractivity contribution >= 4 is 24.2 Å². The van der Waals surface area contributed by atoms with Gasteiger partial charge in [0.1, 0.15) is 0 Å². The zero-order chi connectivity index (χ0) is 17.7. The number of nitrogens with one attached hydrogen (secondary N) is 1. The maximum atomic E-state index is 12.4. The van der Waals surface area contributed by atoms with Gasteiger partial charge in [-0.05, 0) is 25.3 Å². The van der Waals surface area contributed by atoms with E-state index in [2.05, 4.69) is 5.32 Å². The fraction of sp³-hybridized carbons (Fsp3) is 0.579. The van der Waals surface area contributed by atoms with Crippen LogP contribution in [0, 0.1) is 12.8 Å². The fourth-order valence-electron chi connectivity index (χ4n) is 2.92. The number of hydrogen-bond acceptors (Lipinski definition) is 3. The Hall–Kier alpha value is -1.59. The highest BCUT2D eigenvalue weighted by atomic mass is 35.5. The highest BCUT2D eigenvalue weighted by Crippen LogP contribution is 2.21. The zero-order valence-electron chi connectivity index (χ0n) is 15.4. The van der Waals surface area contributed by atoms with E-state index in [0.29, 0.717) is 19.6 Å². The van der Waals surface area contributed by atoms with Gasteiger partial charge in [0.15, 0.2) is 0 Å². The first kappa shape index (κ1) is 21.5. The molecule has 0 aliphatic carbocycles. The fourth-order valence-corrected chi connectivity index (χ4v) is 2.92. The topological polar surface area (TPSA) is 75.4 Å². The minimum Gasteiger partial charge on any atom is -0.354 e. The summed E-state index contributed by atoms with van der Waals surface area (Å²) >= 11 is 0. The van der Waals surface area contributed by atoms with Gasteiger partial charge in [-0.1, -0.05) is 43.7 Å². The summed E-state index contributed by atoms with van der Waals surface area (Å²) in [6.45, 7) is 7.59. The summed E-state index contributed by atoms with van der Waals surface area (Å²) < 4.78 is 0. The van der Waals surface area contributed by atoms with Gasteiger partial charge in [0.2, 0.25) is 11.8 Å². The molecular formula is C19H30ClN3O2. The van der Waals surface area contributed by atoms with Crippen molar-refractivity contribution < 1.29 is 9.59 Å². The largest absolute Gasteiger partial charge is 0.354 e. The number of rotatable bonds is 7. The van der Waals surface area contributed by atoms with Crippen molar-refractivity contribution in [2.24, 2.45) is 11.7 Å². The molecule has 2 rings (SSSR count). The van der Waals surface area contributed by atoms with Gasteiger partial charge in [-0.2, -0.15) is 0 Å². The van der Waals surface area contributed by atoms with Crippen LogP contribution in [0.15, 0.2) is 24.3 Å². The zero-order valence-corrected chi connectivity index (χ0v) is 16.2. The minimum atomic E-state index is -0.361. The Morgan fingerprint density at radius 2 is 1.88 bits per heavy atom. The predicted octanol–water partition coefficient (Wildman–Crippen LogP) is 2.40. The predicted molar refractivity (Wildman–Crippen MR) is 102 cm³/mol. The van der Waals surface area contributed by atoms with E-state index in [1.165, 1.54) is 5.56 Å². The molecule has 1 aromatic carbocycles. The highest BCUT2D eigenvalue weighted by molar-refractivity contribution is 5.89. The maximum Gasteiger partial charge on any atom is 0.225 e. The number of hydrogen-bond donors (Lipinski definition) is 2. The number of carbonyl (C=O) groups excluding carboxylic acids is 2. The molecule has 25 heavy (non-hydrogen) atoms. The third-order valence-corrected chi connectivity index (χ3v) is 5.10. The van der Waals surface area contributed by atoms with Gasteiger partial charge in [-0.25, -0.2) is 0 Å². The first-order chi connectivity index (χ1) is 11.4. The van der Waals surface area contributed by atoms with Crippen molar-refractivity contribution in [2.75, 3.05) is 13.1 Å². The van der Waals surface area contributed by atoms with Crippen LogP contribution in [0.3, 0.4) is 0 Å². The van der Waals surface area contributed by atoms with Crippen LogP contribution in [0.5, 0.6) is 0 Å². The van der Waals surface area contributed by atoms with Crippen molar-refractivity contribution in [3.05, 3.63) is 35.4 Å². The molecular weight excluding hydrogens is 338 g/mol. The average molecular weight is 368 g/mol. The van der Waals surface area contributed by atoms with Gasteiger partial charge in [-0.15, -0.1) is 12.4 Å². The van der Waals surface area contributed by atoms with E-state index in [1.54, 1.807) is 4.90 Å². The van der Waals surface area contributed by atoms with E-state index < -0.39 is 0 Å². The molecule has 0 saturated carbocycles. The van der Waals surface area contributed by atoms with Gasteiger partial charge in [0.25, 0.3) is 0 Å². The van der Waals surface area contributed by atoms with Crippen LogP contribution in [-0.4, -0.2) is 35.3 Å². The second-order valence-electron chi connectivity index (χ2n) is 6.95. The Balaban J connectivity index is 0.00000312. The quantitative estimate of drug-likeness (QED) is 0.777. The SMILES string of the molecule is CCC(N)(CC)CNC(=O)C1CC(=O)N(Cc2ccc(C)cc2)C1.Cl. The standard InChI is InChI=1S/C19H29N3O2.ClH/c1-4-19(20,5-2)13-21-18(24)16-10-17(23)22(12-16)11-15-8-6-14(3)7-9-15;/h6-9,16H,4-5,10-13,20H2,1-3H3,(H,21,24);1H. The van der Waals surface area contributed by atoms with Gasteiger partial charge in [0.05, 0.1) is 5.92 Å². The first-order valence-corrected chi connectivity index (χ1v) is 8.77. The Bertz CT molecular complexity index is 585. The summed E-state index contributed by atoms with van der Waals surface area (Å²) in [5, 5.41) is 2.94. The Morgan fingerprint density at radius 1 is 1.28 bits per heavy atom. The molecule has 3 N–H and O–H groups in total. The summed E-state index contributed by atoms with van der Waals surface area (Å²) in [6.07, 6.45) is 1.91. The van der Waals surface area contributed by atoms with Crippen LogP contribution >= 0.6 is 12.4 Å². The molecule has 1 fully saturated rings. The molecule has 0 aromatic heterocycles. The molecule has 2 amide bonds. The van der Waals surface area contributed by atoms with Crippen LogP contribution in [0.4, 0.5) is 0 Å². The third-order valence-electron chi connectivity index (χ3n) is 5.10. The maximum absolute atomic E-state index is 12.4. The van der Waals surface area contributed by atoms with Gasteiger partial charge in [-0.3, -0.25) is 9.59 Å². The molecule has 1 heterocycles. The Labute approximate surface area is 156 Å². The number of likely N-dealkylation sites (tertiary alicyclic amines) is 1. The molecule has 0 spiro atoms. The number of carbonyl (C=O) groups is 2. The van der Waals surface area contributed by atoms with Crippen molar-refractivity contribution in [3.8, 4) is 0 Å². The van der Waals surface area contributed by atoms with Crippen LogP contribution in [0.2, 0.25) is 0 Å². The summed E-state index contributed by atoms with van der Waals surface area (Å²) in [4.78, 5) is 26.3. The van der Waals surface area contributed by atoms with E-state index in [0.717, 1.165) is 18.4 Å². The van der Waals surface area contributed by atoms with Crippen LogP contribution < -0.4 is 11.1 Å². The molecule has 0 radical (unpaired) electrons. The lowest BCUT2D eigenvalue weighted by Gasteiger charge is -2.27. The molecule has 1 aliphatic heterocycles. The summed E-state index contributed by atoms with van der Waals surface area (Å²) in [5.74, 6) is -0.298. The normalized spacial score (nSPS) is 17.4. The lowest BCUT2D eigenvalue weighted by Crippen LogP contribution is -2.50. The third kappa shape index (κ3) is 5.72. The summed E-state index contributed by atoms with van der Waals surface area (Å²) in [6, 6.07) is 8.13. The molecule has 1 saturated heterocycles. The molecule has 140 valence electrons. The van der Waals surface area contributed by atoms with Gasteiger partial charge >= 0.3 is 0 Å². The smallest absolute Gasteiger partial charge is 0.225 e. The van der Waals surface area contributed by atoms with Crippen LogP contribution in [0.25, 0.3) is 0 Å². The van der Waals surface area contributed by atoms with Crippen LogP contribution in [-0.2, 0) is 16.1 Å². The lowest BCUT2D eigenvalue weighted by molar-refractivity contribution is -0.129. The summed E-state index contributed by atoms with van der Waals surface area (Å²) in [7, 11) is 0. The second-order valence-corrected chi connectivity index (χ2v) is 6.95. The van der Waals surface area contributed by atoms with Gasteiger partial charge < -0.3 is 16.0 Å². The number of benzene rings is 1. The summed E-state index contributed by atoms with van der Waals surface area (Å²) in [5.41, 5.74) is 8.15. The van der Waals surface area contributed by atoms with Crippen molar-refractivity contribution in [2.45, 2.75) is 52.1 Å². The van der Waals surface area contributed by atoms with E-state index in [9.17, 15) is 9.59 Å². The average Bonchev–Trinajstić information content (AvgIpc) is 2.95. The molecule has 6 heteroatoms. The first-order valence-electron chi connectivity index (χ1n) is 8.77. The Kier molecular flexibility index (Phi) is 7.90. The van der Waals surface area contributed by atoms with Crippen molar-refractivity contribution in [1.29, 1.82) is 0 Å². The van der Waals surface area contributed by atoms with Gasteiger partial charge in [0, 0.05) is 31.6 Å². The number of halogens is 1. The van der Waals surface area contributed by atoms with E-state index in [4.69, 9.17) is 5.73 Å². The van der Waals surface area contributed by atoms with E-state index in [-0.39, 0.29) is 42.1 Å². The van der Waals surface area contributed by atoms with E-state index in [1.807, 2.05) is 45.0 Å². The molecule has 1 aliphatic rings. The van der Waals surface area contributed by atoms with Crippen LogP contribution in [0.1, 0.15) is 44.2 Å². The van der Waals surface area contributed by atoms with Crippen molar-refractivity contribution in [1.82, 2.24) is 10.2 Å². The lowest BCUT2D eigenvalue weighted by atomic mass is 9.94. The Morgan fingerprint density at radius 3 is 2.44 bits per heavy atom. The van der Waals surface area contributed by atoms with Crippen molar-refractivity contribution in [3.63, 3.8) is 0 Å². The molecule has 1 atom stereocenters. The molecule has 1 aromatic rings. The molecule has 1 unspecified atom stereocenters.